The minimum Gasteiger partial charge on any atom is -0.472 e. The molecule has 2 rings (SSSR count). The summed E-state index contributed by atoms with van der Waals surface area (Å²) in [5, 5.41) is 5.16. The summed E-state index contributed by atoms with van der Waals surface area (Å²) >= 11 is 0. The van der Waals surface area contributed by atoms with Gasteiger partial charge in [0.05, 0.1) is 12.5 Å². The summed E-state index contributed by atoms with van der Waals surface area (Å²) in [6.07, 6.45) is 3.81. The Bertz CT molecular complexity index is 633. The van der Waals surface area contributed by atoms with Crippen molar-refractivity contribution in [1.29, 1.82) is 0 Å². The molecule has 0 bridgehead atoms. The Kier molecular flexibility index (Phi) is 4.77. The SMILES string of the molecule is Cc1ccc(NC(=O)C(=O)NCCc2ccoc2)cc1C. The number of hydrogen-bond acceptors (Lipinski definition) is 3. The zero-order valence-electron chi connectivity index (χ0n) is 12.1. The number of amides is 2. The van der Waals surface area contributed by atoms with Crippen molar-refractivity contribution >= 4 is 17.5 Å². The number of aryl methyl sites for hydroxylation is 2. The summed E-state index contributed by atoms with van der Waals surface area (Å²) in [5.74, 6) is -1.30. The first-order valence-corrected chi connectivity index (χ1v) is 6.74. The summed E-state index contributed by atoms with van der Waals surface area (Å²) in [5.41, 5.74) is 3.80. The van der Waals surface area contributed by atoms with Gasteiger partial charge in [-0.05, 0) is 55.2 Å². The smallest absolute Gasteiger partial charge is 0.313 e. The van der Waals surface area contributed by atoms with E-state index in [2.05, 4.69) is 10.6 Å². The highest BCUT2D eigenvalue weighted by Gasteiger charge is 2.13. The standard InChI is InChI=1S/C16H18N2O3/c1-11-3-4-14(9-12(11)2)18-16(20)15(19)17-7-5-13-6-8-21-10-13/h3-4,6,8-10H,5,7H2,1-2H3,(H,17,19)(H,18,20). The number of anilines is 1. The highest BCUT2D eigenvalue weighted by atomic mass is 16.3. The summed E-state index contributed by atoms with van der Waals surface area (Å²) in [6, 6.07) is 7.34. The van der Waals surface area contributed by atoms with E-state index >= 15 is 0 Å². The van der Waals surface area contributed by atoms with Gasteiger partial charge < -0.3 is 15.1 Å². The van der Waals surface area contributed by atoms with E-state index in [4.69, 9.17) is 4.42 Å². The van der Waals surface area contributed by atoms with Crippen LogP contribution in [0.1, 0.15) is 16.7 Å². The lowest BCUT2D eigenvalue weighted by atomic mass is 10.1. The number of nitrogens with one attached hydrogen (secondary N) is 2. The molecular weight excluding hydrogens is 268 g/mol. The third kappa shape index (κ3) is 4.21. The van der Waals surface area contributed by atoms with Gasteiger partial charge in [0.1, 0.15) is 0 Å². The zero-order chi connectivity index (χ0) is 15.2. The number of hydrogen-bond donors (Lipinski definition) is 2. The lowest BCUT2D eigenvalue weighted by molar-refractivity contribution is -0.136. The first-order chi connectivity index (χ1) is 10.1. The van der Waals surface area contributed by atoms with Crippen LogP contribution in [0.4, 0.5) is 5.69 Å². The Morgan fingerprint density at radius 2 is 1.90 bits per heavy atom. The molecule has 0 atom stereocenters. The van der Waals surface area contributed by atoms with Gasteiger partial charge in [0.15, 0.2) is 0 Å². The van der Waals surface area contributed by atoms with Crippen LogP contribution in [0.2, 0.25) is 0 Å². The molecule has 0 unspecified atom stereocenters. The molecule has 1 aromatic carbocycles. The summed E-state index contributed by atoms with van der Waals surface area (Å²) in [6.45, 7) is 4.33. The van der Waals surface area contributed by atoms with Gasteiger partial charge in [0, 0.05) is 12.2 Å². The van der Waals surface area contributed by atoms with Crippen molar-refractivity contribution in [2.24, 2.45) is 0 Å². The average Bonchev–Trinajstić information content (AvgIpc) is 2.96. The Labute approximate surface area is 123 Å². The molecule has 2 aromatic rings. The van der Waals surface area contributed by atoms with E-state index in [1.54, 1.807) is 18.6 Å². The maximum absolute atomic E-state index is 11.8. The first-order valence-electron chi connectivity index (χ1n) is 6.74. The molecule has 1 heterocycles. The Balaban J connectivity index is 1.81. The van der Waals surface area contributed by atoms with Gasteiger partial charge in [0.25, 0.3) is 0 Å². The second-order valence-electron chi connectivity index (χ2n) is 4.89. The van der Waals surface area contributed by atoms with E-state index in [1.807, 2.05) is 32.0 Å². The average molecular weight is 286 g/mol. The highest BCUT2D eigenvalue weighted by molar-refractivity contribution is 6.39. The molecule has 0 saturated heterocycles. The van der Waals surface area contributed by atoms with Gasteiger partial charge >= 0.3 is 11.8 Å². The normalized spacial score (nSPS) is 10.2. The minimum absolute atomic E-state index is 0.388. The van der Waals surface area contributed by atoms with E-state index < -0.39 is 11.8 Å². The summed E-state index contributed by atoms with van der Waals surface area (Å²) in [7, 11) is 0. The summed E-state index contributed by atoms with van der Waals surface area (Å²) < 4.78 is 4.93. The van der Waals surface area contributed by atoms with Gasteiger partial charge in [-0.3, -0.25) is 9.59 Å². The van der Waals surface area contributed by atoms with Crippen LogP contribution in [0, 0.1) is 13.8 Å². The van der Waals surface area contributed by atoms with Crippen LogP contribution in [0.5, 0.6) is 0 Å². The summed E-state index contributed by atoms with van der Waals surface area (Å²) in [4.78, 5) is 23.4. The molecule has 0 saturated carbocycles. The van der Waals surface area contributed by atoms with Crippen LogP contribution < -0.4 is 10.6 Å². The molecule has 5 nitrogen and oxygen atoms in total. The first kappa shape index (κ1) is 14.8. The third-order valence-electron chi connectivity index (χ3n) is 3.25. The molecule has 0 radical (unpaired) electrons. The van der Waals surface area contributed by atoms with Crippen LogP contribution >= 0.6 is 0 Å². The van der Waals surface area contributed by atoms with Crippen molar-refractivity contribution in [2.45, 2.75) is 20.3 Å². The molecule has 0 fully saturated rings. The van der Waals surface area contributed by atoms with E-state index in [0.29, 0.717) is 18.7 Å². The maximum Gasteiger partial charge on any atom is 0.313 e. The molecular formula is C16H18N2O3. The largest absolute Gasteiger partial charge is 0.472 e. The predicted molar refractivity (Wildman–Crippen MR) is 80.0 cm³/mol. The fourth-order valence-electron chi connectivity index (χ4n) is 1.84. The topological polar surface area (TPSA) is 71.3 Å². The minimum atomic E-state index is -0.662. The van der Waals surface area contributed by atoms with E-state index in [9.17, 15) is 9.59 Å². The molecule has 5 heteroatoms. The van der Waals surface area contributed by atoms with Crippen molar-refractivity contribution in [3.05, 3.63) is 53.5 Å². The van der Waals surface area contributed by atoms with E-state index in [0.717, 1.165) is 16.7 Å². The second-order valence-corrected chi connectivity index (χ2v) is 4.89. The van der Waals surface area contributed by atoms with Gasteiger partial charge in [0.2, 0.25) is 0 Å². The van der Waals surface area contributed by atoms with Gasteiger partial charge in [-0.25, -0.2) is 0 Å². The monoisotopic (exact) mass is 286 g/mol. The predicted octanol–water partition coefficient (Wildman–Crippen LogP) is 2.19. The van der Waals surface area contributed by atoms with Crippen LogP contribution in [-0.2, 0) is 16.0 Å². The van der Waals surface area contributed by atoms with Gasteiger partial charge in [-0.15, -0.1) is 0 Å². The van der Waals surface area contributed by atoms with Crippen LogP contribution in [0.25, 0.3) is 0 Å². The molecule has 1 aromatic heterocycles. The molecule has 2 N–H and O–H groups in total. The third-order valence-corrected chi connectivity index (χ3v) is 3.25. The lowest BCUT2D eigenvalue weighted by Gasteiger charge is -2.08. The van der Waals surface area contributed by atoms with Crippen LogP contribution in [0.15, 0.2) is 41.2 Å². The Hall–Kier alpha value is -2.56. The fraction of sp³-hybridized carbons (Fsp3) is 0.250. The van der Waals surface area contributed by atoms with E-state index in [-0.39, 0.29) is 0 Å². The molecule has 21 heavy (non-hydrogen) atoms. The zero-order valence-corrected chi connectivity index (χ0v) is 12.1. The highest BCUT2D eigenvalue weighted by Crippen LogP contribution is 2.13. The number of carbonyl (C=O) groups excluding carboxylic acids is 2. The fourth-order valence-corrected chi connectivity index (χ4v) is 1.84. The number of benzene rings is 1. The van der Waals surface area contributed by atoms with Crippen LogP contribution in [0.3, 0.4) is 0 Å². The Morgan fingerprint density at radius 3 is 2.57 bits per heavy atom. The molecule has 2 amide bonds. The lowest BCUT2D eigenvalue weighted by Crippen LogP contribution is -2.36. The second kappa shape index (κ2) is 6.74. The molecule has 110 valence electrons. The van der Waals surface area contributed by atoms with E-state index in [1.165, 1.54) is 0 Å². The van der Waals surface area contributed by atoms with Crippen molar-refractivity contribution in [2.75, 3.05) is 11.9 Å². The molecule has 0 aliphatic carbocycles. The van der Waals surface area contributed by atoms with Crippen molar-refractivity contribution in [1.82, 2.24) is 5.32 Å². The van der Waals surface area contributed by atoms with Crippen molar-refractivity contribution in [3.63, 3.8) is 0 Å². The van der Waals surface area contributed by atoms with Gasteiger partial charge in [-0.1, -0.05) is 6.07 Å². The van der Waals surface area contributed by atoms with Crippen molar-refractivity contribution < 1.29 is 14.0 Å². The number of furan rings is 1. The molecule has 0 spiro atoms. The maximum atomic E-state index is 11.8. The van der Waals surface area contributed by atoms with Crippen molar-refractivity contribution in [3.8, 4) is 0 Å². The van der Waals surface area contributed by atoms with Gasteiger partial charge in [-0.2, -0.15) is 0 Å². The Morgan fingerprint density at radius 1 is 1.10 bits per heavy atom. The number of rotatable bonds is 4. The number of carbonyl (C=O) groups is 2. The molecule has 0 aliphatic rings. The molecule has 0 aliphatic heterocycles. The quantitative estimate of drug-likeness (QED) is 0.846. The van der Waals surface area contributed by atoms with Crippen LogP contribution in [-0.4, -0.2) is 18.4 Å².